The van der Waals surface area contributed by atoms with Crippen molar-refractivity contribution in [2.24, 2.45) is 0 Å². The van der Waals surface area contributed by atoms with Gasteiger partial charge in [-0.05, 0) is 49.2 Å². The summed E-state index contributed by atoms with van der Waals surface area (Å²) in [5.74, 6) is -0.154. The molecule has 0 bridgehead atoms. The van der Waals surface area contributed by atoms with Crippen molar-refractivity contribution < 1.29 is 29.3 Å². The quantitative estimate of drug-likeness (QED) is 0.255. The van der Waals surface area contributed by atoms with Crippen molar-refractivity contribution in [3.63, 3.8) is 0 Å². The fraction of sp³-hybridized carbons (Fsp3) is 0.217. The third kappa shape index (κ3) is 6.53. The second-order valence-corrected chi connectivity index (χ2v) is 6.28. The lowest BCUT2D eigenvalue weighted by Crippen LogP contribution is -2.07. The minimum absolute atomic E-state index is 0.0719. The van der Waals surface area contributed by atoms with Gasteiger partial charge in [-0.15, -0.1) is 6.58 Å². The molecule has 0 heterocycles. The first-order chi connectivity index (χ1) is 13.9. The minimum atomic E-state index is -1.01. The summed E-state index contributed by atoms with van der Waals surface area (Å²) >= 11 is 0. The number of hydrogen-bond donors (Lipinski definition) is 2. The van der Waals surface area contributed by atoms with Gasteiger partial charge in [0.1, 0.15) is 17.2 Å². The number of Topliss-reactive ketones (excluding diaryl/α,β-unsaturated/α-hetero) is 1. The van der Waals surface area contributed by atoms with Crippen LogP contribution in [0.4, 0.5) is 0 Å². The molecule has 0 aliphatic rings. The first kappa shape index (κ1) is 21.8. The van der Waals surface area contributed by atoms with Crippen LogP contribution >= 0.6 is 0 Å². The van der Waals surface area contributed by atoms with Crippen LogP contribution in [0, 0.1) is 0 Å². The molecule has 2 aromatic rings. The third-order valence-electron chi connectivity index (χ3n) is 4.06. The second kappa shape index (κ2) is 10.7. The molecule has 0 saturated heterocycles. The monoisotopic (exact) mass is 396 g/mol. The van der Waals surface area contributed by atoms with E-state index in [-0.39, 0.29) is 17.1 Å². The lowest BCUT2D eigenvalue weighted by molar-refractivity contribution is -0.131. The maximum absolute atomic E-state index is 11.6. The van der Waals surface area contributed by atoms with Gasteiger partial charge in [0.25, 0.3) is 0 Å². The number of allylic oxidation sites excluding steroid dienone is 1. The van der Waals surface area contributed by atoms with E-state index in [1.54, 1.807) is 42.5 Å². The zero-order valence-electron chi connectivity index (χ0n) is 16.3. The van der Waals surface area contributed by atoms with E-state index >= 15 is 0 Å². The standard InChI is InChI=1S/C23H24O6/c1-3-6-20-21(11-10-19(16(2)24)23(20)27)29-14-5-13-28-18-8-4-7-17(15-18)9-12-22(25)26/h3-4,7-12,15,27H,1,5-6,13-14H2,2H3,(H,25,26). The fourth-order valence-corrected chi connectivity index (χ4v) is 2.69. The van der Waals surface area contributed by atoms with E-state index in [0.717, 1.165) is 11.6 Å². The number of phenolic OH excluding ortho intramolecular Hbond substituents is 1. The Morgan fingerprint density at radius 2 is 1.90 bits per heavy atom. The van der Waals surface area contributed by atoms with Gasteiger partial charge in [-0.25, -0.2) is 4.79 Å². The molecule has 29 heavy (non-hydrogen) atoms. The molecule has 0 aliphatic carbocycles. The number of aromatic hydroxyl groups is 1. The van der Waals surface area contributed by atoms with Gasteiger partial charge in [-0.1, -0.05) is 18.2 Å². The molecule has 0 fully saturated rings. The first-order valence-corrected chi connectivity index (χ1v) is 9.15. The van der Waals surface area contributed by atoms with Gasteiger partial charge in [0.05, 0.1) is 18.8 Å². The van der Waals surface area contributed by atoms with Crippen molar-refractivity contribution in [2.75, 3.05) is 13.2 Å². The van der Waals surface area contributed by atoms with Crippen LogP contribution in [0.3, 0.4) is 0 Å². The van der Waals surface area contributed by atoms with Crippen LogP contribution in [0.15, 0.2) is 55.1 Å². The highest BCUT2D eigenvalue weighted by Crippen LogP contribution is 2.32. The van der Waals surface area contributed by atoms with Crippen LogP contribution in [0.2, 0.25) is 0 Å². The number of rotatable bonds is 11. The molecular formula is C23H24O6. The predicted octanol–water partition coefficient (Wildman–Crippen LogP) is 4.27. The van der Waals surface area contributed by atoms with Gasteiger partial charge >= 0.3 is 5.97 Å². The SMILES string of the molecule is C=CCc1c(OCCCOc2cccc(C=CC(=O)O)c2)ccc(C(C)=O)c1O. The molecule has 6 nitrogen and oxygen atoms in total. The molecule has 0 unspecified atom stereocenters. The zero-order chi connectivity index (χ0) is 21.2. The molecule has 0 spiro atoms. The van der Waals surface area contributed by atoms with Crippen molar-refractivity contribution in [1.82, 2.24) is 0 Å². The van der Waals surface area contributed by atoms with Crippen LogP contribution in [0.25, 0.3) is 6.08 Å². The molecule has 0 aromatic heterocycles. The van der Waals surface area contributed by atoms with Crippen molar-refractivity contribution in [1.29, 1.82) is 0 Å². The molecule has 152 valence electrons. The van der Waals surface area contributed by atoms with E-state index in [4.69, 9.17) is 14.6 Å². The fourth-order valence-electron chi connectivity index (χ4n) is 2.69. The van der Waals surface area contributed by atoms with Gasteiger partial charge in [-0.3, -0.25) is 4.79 Å². The Balaban J connectivity index is 1.90. The topological polar surface area (TPSA) is 93.1 Å². The van der Waals surface area contributed by atoms with Gasteiger partial charge in [0.2, 0.25) is 0 Å². The van der Waals surface area contributed by atoms with Crippen molar-refractivity contribution in [3.05, 3.63) is 71.8 Å². The number of benzene rings is 2. The maximum atomic E-state index is 11.6. The van der Waals surface area contributed by atoms with Gasteiger partial charge in [-0.2, -0.15) is 0 Å². The summed E-state index contributed by atoms with van der Waals surface area (Å²) in [4.78, 5) is 22.2. The molecule has 2 N–H and O–H groups in total. The Kier molecular flexibility index (Phi) is 8.03. The number of carbonyl (C=O) groups excluding carboxylic acids is 1. The zero-order valence-corrected chi connectivity index (χ0v) is 16.3. The van der Waals surface area contributed by atoms with Gasteiger partial charge < -0.3 is 19.7 Å². The summed E-state index contributed by atoms with van der Waals surface area (Å²) in [7, 11) is 0. The Bertz CT molecular complexity index is 914. The van der Waals surface area contributed by atoms with E-state index in [1.807, 2.05) is 0 Å². The lowest BCUT2D eigenvalue weighted by Gasteiger charge is -2.14. The molecule has 2 aromatic carbocycles. The summed E-state index contributed by atoms with van der Waals surface area (Å²) in [5, 5.41) is 19.0. The molecular weight excluding hydrogens is 372 g/mol. The highest BCUT2D eigenvalue weighted by Gasteiger charge is 2.15. The minimum Gasteiger partial charge on any atom is -0.507 e. The van der Waals surface area contributed by atoms with E-state index in [9.17, 15) is 14.7 Å². The second-order valence-electron chi connectivity index (χ2n) is 6.28. The predicted molar refractivity (Wildman–Crippen MR) is 111 cm³/mol. The number of ketones is 1. The van der Waals surface area contributed by atoms with Crippen LogP contribution in [-0.4, -0.2) is 35.2 Å². The molecule has 0 atom stereocenters. The molecule has 0 aliphatic heterocycles. The smallest absolute Gasteiger partial charge is 0.328 e. The third-order valence-corrected chi connectivity index (χ3v) is 4.06. The number of carbonyl (C=O) groups is 2. The molecule has 0 radical (unpaired) electrons. The van der Waals surface area contributed by atoms with Gasteiger partial charge in [0.15, 0.2) is 5.78 Å². The molecule has 2 rings (SSSR count). The molecule has 6 heteroatoms. The van der Waals surface area contributed by atoms with E-state index in [1.165, 1.54) is 13.0 Å². The summed E-state index contributed by atoms with van der Waals surface area (Å²) < 4.78 is 11.4. The van der Waals surface area contributed by atoms with Crippen molar-refractivity contribution >= 4 is 17.8 Å². The molecule has 0 saturated carbocycles. The average molecular weight is 396 g/mol. The maximum Gasteiger partial charge on any atom is 0.328 e. The number of carboxylic acids is 1. The van der Waals surface area contributed by atoms with Crippen LogP contribution in [-0.2, 0) is 11.2 Å². The Labute approximate surface area is 169 Å². The van der Waals surface area contributed by atoms with Crippen LogP contribution in [0.1, 0.15) is 34.8 Å². The van der Waals surface area contributed by atoms with Crippen molar-refractivity contribution in [2.45, 2.75) is 19.8 Å². The number of aliphatic carboxylic acids is 1. The Morgan fingerprint density at radius 3 is 2.59 bits per heavy atom. The number of phenols is 1. The summed E-state index contributed by atoms with van der Waals surface area (Å²) in [6.07, 6.45) is 5.19. The average Bonchev–Trinajstić information content (AvgIpc) is 2.68. The number of ether oxygens (including phenoxy) is 2. The number of hydrogen-bond acceptors (Lipinski definition) is 5. The van der Waals surface area contributed by atoms with Crippen LogP contribution in [0.5, 0.6) is 17.2 Å². The Morgan fingerprint density at radius 1 is 1.14 bits per heavy atom. The highest BCUT2D eigenvalue weighted by molar-refractivity contribution is 5.97. The first-order valence-electron chi connectivity index (χ1n) is 9.15. The lowest BCUT2D eigenvalue weighted by atomic mass is 10.0. The van der Waals surface area contributed by atoms with Gasteiger partial charge in [0, 0.05) is 18.1 Å². The van der Waals surface area contributed by atoms with Crippen LogP contribution < -0.4 is 9.47 Å². The largest absolute Gasteiger partial charge is 0.507 e. The summed E-state index contributed by atoms with van der Waals surface area (Å²) in [6, 6.07) is 10.3. The number of carboxylic acid groups (broad SMARTS) is 1. The highest BCUT2D eigenvalue weighted by atomic mass is 16.5. The van der Waals surface area contributed by atoms with Crippen molar-refractivity contribution in [3.8, 4) is 17.2 Å². The van der Waals surface area contributed by atoms with E-state index in [0.29, 0.717) is 43.1 Å². The summed E-state index contributed by atoms with van der Waals surface area (Å²) in [6.45, 7) is 5.84. The Hall–Kier alpha value is -3.54. The normalized spacial score (nSPS) is 10.7. The molecule has 0 amide bonds. The summed E-state index contributed by atoms with van der Waals surface area (Å²) in [5.41, 5.74) is 1.53. The van der Waals surface area contributed by atoms with E-state index < -0.39 is 5.97 Å². The van der Waals surface area contributed by atoms with E-state index in [2.05, 4.69) is 6.58 Å².